The average molecular weight is 438 g/mol. The Kier molecular flexibility index (Phi) is 6.13. The molecule has 2 aromatic heterocycles. The van der Waals surface area contributed by atoms with E-state index >= 15 is 0 Å². The highest BCUT2D eigenvalue weighted by molar-refractivity contribution is 7.14. The minimum Gasteiger partial charge on any atom is -0.434 e. The topological polar surface area (TPSA) is 69.0 Å². The van der Waals surface area contributed by atoms with E-state index in [1.54, 1.807) is 46.7 Å². The smallest absolute Gasteiger partial charge is 0.387 e. The third-order valence-corrected chi connectivity index (χ3v) is 4.92. The average Bonchev–Trinajstić information content (AvgIpc) is 3.43. The quantitative estimate of drug-likeness (QED) is 0.400. The monoisotopic (exact) mass is 438 g/mol. The molecule has 0 saturated carbocycles. The molecule has 4 aromatic rings. The summed E-state index contributed by atoms with van der Waals surface area (Å²) in [6, 6.07) is 16.0. The van der Waals surface area contributed by atoms with Crippen LogP contribution in [0.25, 0.3) is 23.0 Å². The Morgan fingerprint density at radius 1 is 1.13 bits per heavy atom. The number of amides is 1. The van der Waals surface area contributed by atoms with Crippen molar-refractivity contribution in [1.29, 1.82) is 0 Å². The van der Waals surface area contributed by atoms with Gasteiger partial charge in [0.25, 0.3) is 0 Å². The molecule has 0 radical (unpaired) electrons. The van der Waals surface area contributed by atoms with Crippen LogP contribution >= 0.6 is 11.3 Å². The van der Waals surface area contributed by atoms with E-state index in [9.17, 15) is 13.6 Å². The van der Waals surface area contributed by atoms with Gasteiger partial charge < -0.3 is 4.74 Å². The van der Waals surface area contributed by atoms with E-state index in [4.69, 9.17) is 0 Å². The molecule has 0 fully saturated rings. The molecule has 9 heteroatoms. The minimum absolute atomic E-state index is 0.0241. The van der Waals surface area contributed by atoms with E-state index in [1.807, 2.05) is 30.3 Å². The number of nitrogens with zero attached hydrogens (tertiary/aromatic N) is 3. The number of alkyl halides is 2. The van der Waals surface area contributed by atoms with E-state index in [1.165, 1.54) is 23.5 Å². The van der Waals surface area contributed by atoms with E-state index < -0.39 is 6.61 Å². The Hall–Kier alpha value is -3.85. The molecule has 0 spiro atoms. The van der Waals surface area contributed by atoms with Gasteiger partial charge in [0.1, 0.15) is 5.75 Å². The number of anilines is 1. The summed E-state index contributed by atoms with van der Waals surface area (Å²) in [5, 5.41) is 8.95. The predicted molar refractivity (Wildman–Crippen MR) is 115 cm³/mol. The molecule has 4 rings (SSSR count). The van der Waals surface area contributed by atoms with Crippen molar-refractivity contribution in [2.24, 2.45) is 0 Å². The van der Waals surface area contributed by atoms with Gasteiger partial charge in [-0.2, -0.15) is 13.9 Å². The first kappa shape index (κ1) is 20.4. The lowest BCUT2D eigenvalue weighted by atomic mass is 10.1. The van der Waals surface area contributed by atoms with Gasteiger partial charge >= 0.3 is 6.61 Å². The zero-order valence-corrected chi connectivity index (χ0v) is 16.8. The SMILES string of the molecule is O=C(/C=C/c1cnn(-c2ccccc2)c1)Nc1nc(-c2ccccc2OC(F)F)cs1. The van der Waals surface area contributed by atoms with E-state index in [-0.39, 0.29) is 11.7 Å². The van der Waals surface area contributed by atoms with Crippen LogP contribution in [0.2, 0.25) is 0 Å². The molecule has 1 N–H and O–H groups in total. The third-order valence-electron chi connectivity index (χ3n) is 4.16. The van der Waals surface area contributed by atoms with Gasteiger partial charge in [0.2, 0.25) is 5.91 Å². The largest absolute Gasteiger partial charge is 0.434 e. The molecule has 31 heavy (non-hydrogen) atoms. The first-order valence-corrected chi connectivity index (χ1v) is 10.1. The Morgan fingerprint density at radius 2 is 1.90 bits per heavy atom. The first-order chi connectivity index (χ1) is 15.1. The number of aromatic nitrogens is 3. The summed E-state index contributed by atoms with van der Waals surface area (Å²) in [5.74, 6) is -0.346. The van der Waals surface area contributed by atoms with Crippen LogP contribution in [-0.4, -0.2) is 27.3 Å². The van der Waals surface area contributed by atoms with Crippen molar-refractivity contribution in [3.63, 3.8) is 0 Å². The number of carbonyl (C=O) groups excluding carboxylic acids is 1. The van der Waals surface area contributed by atoms with Gasteiger partial charge in [-0.15, -0.1) is 11.3 Å². The minimum atomic E-state index is -2.93. The molecule has 0 atom stereocenters. The molecule has 0 unspecified atom stereocenters. The maximum atomic E-state index is 12.6. The number of nitrogens with one attached hydrogen (secondary N) is 1. The zero-order valence-electron chi connectivity index (χ0n) is 16.0. The van der Waals surface area contributed by atoms with Gasteiger partial charge in [-0.3, -0.25) is 10.1 Å². The third kappa shape index (κ3) is 5.20. The van der Waals surface area contributed by atoms with Gasteiger partial charge in [0.05, 0.1) is 17.6 Å². The number of halogens is 2. The Morgan fingerprint density at radius 3 is 2.71 bits per heavy atom. The Balaban J connectivity index is 1.42. The second-order valence-corrected chi connectivity index (χ2v) is 7.15. The van der Waals surface area contributed by atoms with Crippen molar-refractivity contribution in [1.82, 2.24) is 14.8 Å². The van der Waals surface area contributed by atoms with Crippen LogP contribution in [0.3, 0.4) is 0 Å². The van der Waals surface area contributed by atoms with Crippen LogP contribution in [0.1, 0.15) is 5.56 Å². The number of hydrogen-bond acceptors (Lipinski definition) is 5. The number of ether oxygens (including phenoxy) is 1. The summed E-state index contributed by atoms with van der Waals surface area (Å²) in [6.45, 7) is -2.93. The highest BCUT2D eigenvalue weighted by Crippen LogP contribution is 2.33. The standard InChI is InChI=1S/C22H16F2N4O2S/c23-21(24)30-19-9-5-4-8-17(19)18-14-31-22(26-18)27-20(29)11-10-15-12-25-28(13-15)16-6-2-1-3-7-16/h1-14,21H,(H,26,27,29)/b11-10+. The number of hydrogen-bond donors (Lipinski definition) is 1. The number of rotatable bonds is 7. The fraction of sp³-hybridized carbons (Fsp3) is 0.0455. The molecule has 2 aromatic carbocycles. The Bertz CT molecular complexity index is 1200. The lowest BCUT2D eigenvalue weighted by Crippen LogP contribution is -2.07. The van der Waals surface area contributed by atoms with Crippen molar-refractivity contribution >= 4 is 28.5 Å². The van der Waals surface area contributed by atoms with E-state index in [2.05, 4.69) is 20.1 Å². The van der Waals surface area contributed by atoms with Gasteiger partial charge in [-0.1, -0.05) is 30.3 Å². The summed E-state index contributed by atoms with van der Waals surface area (Å²) in [4.78, 5) is 16.5. The second kappa shape index (κ2) is 9.31. The zero-order chi connectivity index (χ0) is 21.6. The van der Waals surface area contributed by atoms with Crippen LogP contribution < -0.4 is 10.1 Å². The summed E-state index contributed by atoms with van der Waals surface area (Å²) in [5.41, 5.74) is 2.53. The summed E-state index contributed by atoms with van der Waals surface area (Å²) in [7, 11) is 0. The predicted octanol–water partition coefficient (Wildman–Crippen LogP) is 5.25. The first-order valence-electron chi connectivity index (χ1n) is 9.17. The Labute approximate surface area is 180 Å². The number of thiazole rings is 1. The highest BCUT2D eigenvalue weighted by atomic mass is 32.1. The van der Waals surface area contributed by atoms with E-state index in [0.717, 1.165) is 11.3 Å². The van der Waals surface area contributed by atoms with Crippen LogP contribution in [0.15, 0.2) is 78.4 Å². The lowest BCUT2D eigenvalue weighted by molar-refractivity contribution is -0.111. The van der Waals surface area contributed by atoms with Crippen molar-refractivity contribution in [2.75, 3.05) is 5.32 Å². The number of benzene rings is 2. The maximum absolute atomic E-state index is 12.6. The second-order valence-electron chi connectivity index (χ2n) is 6.29. The molecule has 0 aliphatic heterocycles. The highest BCUT2D eigenvalue weighted by Gasteiger charge is 2.14. The molecule has 2 heterocycles. The molecular weight excluding hydrogens is 422 g/mol. The van der Waals surface area contributed by atoms with Gasteiger partial charge in [0, 0.05) is 28.8 Å². The van der Waals surface area contributed by atoms with Crippen molar-refractivity contribution in [3.05, 3.63) is 84.0 Å². The lowest BCUT2D eigenvalue weighted by Gasteiger charge is -2.08. The number of para-hydroxylation sites is 2. The summed E-state index contributed by atoms with van der Waals surface area (Å²) < 4.78 is 31.5. The van der Waals surface area contributed by atoms with Crippen LogP contribution in [0.4, 0.5) is 13.9 Å². The summed E-state index contributed by atoms with van der Waals surface area (Å²) >= 11 is 1.19. The molecule has 0 saturated heterocycles. The molecular formula is C22H16F2N4O2S. The molecule has 0 aliphatic rings. The van der Waals surface area contributed by atoms with E-state index in [0.29, 0.717) is 16.4 Å². The molecule has 156 valence electrons. The van der Waals surface area contributed by atoms with Crippen molar-refractivity contribution in [2.45, 2.75) is 6.61 Å². The molecule has 0 aliphatic carbocycles. The van der Waals surface area contributed by atoms with Crippen LogP contribution in [0.5, 0.6) is 5.75 Å². The summed E-state index contributed by atoms with van der Waals surface area (Å²) in [6.07, 6.45) is 6.47. The van der Waals surface area contributed by atoms with Crippen LogP contribution in [-0.2, 0) is 4.79 Å². The maximum Gasteiger partial charge on any atom is 0.387 e. The fourth-order valence-corrected chi connectivity index (χ4v) is 3.51. The normalized spacial score (nSPS) is 11.2. The molecule has 0 bridgehead atoms. The van der Waals surface area contributed by atoms with Crippen molar-refractivity contribution in [3.8, 4) is 22.7 Å². The van der Waals surface area contributed by atoms with Crippen LogP contribution in [0, 0.1) is 0 Å². The number of carbonyl (C=O) groups is 1. The fourth-order valence-electron chi connectivity index (χ4n) is 2.80. The van der Waals surface area contributed by atoms with Gasteiger partial charge in [0.15, 0.2) is 5.13 Å². The molecule has 6 nitrogen and oxygen atoms in total. The molecule has 1 amide bonds. The van der Waals surface area contributed by atoms with Gasteiger partial charge in [-0.25, -0.2) is 9.67 Å². The van der Waals surface area contributed by atoms with Gasteiger partial charge in [-0.05, 0) is 30.3 Å². The van der Waals surface area contributed by atoms with Crippen molar-refractivity contribution < 1.29 is 18.3 Å².